The van der Waals surface area contributed by atoms with E-state index in [1.54, 1.807) is 21.0 Å². The SMILES string of the molecule is COCCN(CCC(=O)OC)CCC(C)(C)O. The van der Waals surface area contributed by atoms with Crippen LogP contribution in [-0.4, -0.2) is 62.0 Å². The zero-order valence-electron chi connectivity index (χ0n) is 11.4. The first-order chi connectivity index (χ1) is 7.89. The van der Waals surface area contributed by atoms with Gasteiger partial charge in [0.15, 0.2) is 0 Å². The Hall–Kier alpha value is -0.650. The van der Waals surface area contributed by atoms with Gasteiger partial charge in [-0.15, -0.1) is 0 Å². The van der Waals surface area contributed by atoms with Crippen LogP contribution >= 0.6 is 0 Å². The zero-order valence-corrected chi connectivity index (χ0v) is 11.4. The van der Waals surface area contributed by atoms with Gasteiger partial charge in [0.1, 0.15) is 0 Å². The van der Waals surface area contributed by atoms with Crippen molar-refractivity contribution in [2.24, 2.45) is 0 Å². The minimum absolute atomic E-state index is 0.212. The lowest BCUT2D eigenvalue weighted by Gasteiger charge is -2.25. The van der Waals surface area contributed by atoms with Gasteiger partial charge in [-0.05, 0) is 20.3 Å². The van der Waals surface area contributed by atoms with Crippen LogP contribution in [0.1, 0.15) is 26.7 Å². The van der Waals surface area contributed by atoms with Gasteiger partial charge in [0, 0.05) is 26.7 Å². The molecule has 0 fully saturated rings. The molecule has 0 saturated heterocycles. The standard InChI is InChI=1S/C12H25NO4/c1-12(2,15)6-8-13(9-10-16-3)7-5-11(14)17-4/h15H,5-10H2,1-4H3. The monoisotopic (exact) mass is 247 g/mol. The molecular formula is C12H25NO4. The van der Waals surface area contributed by atoms with Crippen LogP contribution in [0.3, 0.4) is 0 Å². The summed E-state index contributed by atoms with van der Waals surface area (Å²) in [4.78, 5) is 13.2. The molecule has 0 aromatic heterocycles. The Labute approximate surface area is 104 Å². The first-order valence-corrected chi connectivity index (χ1v) is 5.89. The van der Waals surface area contributed by atoms with E-state index in [0.717, 1.165) is 13.1 Å². The molecule has 0 aliphatic rings. The molecule has 0 unspecified atom stereocenters. The summed E-state index contributed by atoms with van der Waals surface area (Å²) in [5.41, 5.74) is -0.684. The molecular weight excluding hydrogens is 222 g/mol. The van der Waals surface area contributed by atoms with Crippen LogP contribution in [0.4, 0.5) is 0 Å². The van der Waals surface area contributed by atoms with Gasteiger partial charge in [-0.1, -0.05) is 0 Å². The molecule has 102 valence electrons. The van der Waals surface area contributed by atoms with E-state index in [1.807, 2.05) is 0 Å². The highest BCUT2D eigenvalue weighted by molar-refractivity contribution is 5.69. The van der Waals surface area contributed by atoms with Crippen LogP contribution in [0.25, 0.3) is 0 Å². The number of nitrogens with zero attached hydrogens (tertiary/aromatic N) is 1. The maximum atomic E-state index is 11.1. The lowest BCUT2D eigenvalue weighted by Crippen LogP contribution is -2.34. The van der Waals surface area contributed by atoms with Crippen molar-refractivity contribution in [3.05, 3.63) is 0 Å². The van der Waals surface area contributed by atoms with E-state index in [1.165, 1.54) is 7.11 Å². The molecule has 0 aliphatic heterocycles. The number of methoxy groups -OCH3 is 2. The highest BCUT2D eigenvalue weighted by Gasteiger charge is 2.15. The van der Waals surface area contributed by atoms with Crippen molar-refractivity contribution in [3.63, 3.8) is 0 Å². The summed E-state index contributed by atoms with van der Waals surface area (Å²) < 4.78 is 9.62. The van der Waals surface area contributed by atoms with Crippen molar-refractivity contribution in [1.29, 1.82) is 0 Å². The van der Waals surface area contributed by atoms with E-state index in [4.69, 9.17) is 4.74 Å². The minimum Gasteiger partial charge on any atom is -0.469 e. The highest BCUT2D eigenvalue weighted by atomic mass is 16.5. The molecule has 0 saturated carbocycles. The summed E-state index contributed by atoms with van der Waals surface area (Å²) in [6.45, 7) is 6.30. The third kappa shape index (κ3) is 10.2. The first-order valence-electron chi connectivity index (χ1n) is 5.89. The smallest absolute Gasteiger partial charge is 0.306 e. The van der Waals surface area contributed by atoms with Crippen molar-refractivity contribution >= 4 is 5.97 Å². The Bertz CT molecular complexity index is 213. The predicted octanol–water partition coefficient (Wildman–Crippen LogP) is 0.659. The fraction of sp³-hybridized carbons (Fsp3) is 0.917. The van der Waals surface area contributed by atoms with Gasteiger partial charge in [-0.3, -0.25) is 4.79 Å². The van der Waals surface area contributed by atoms with Crippen LogP contribution in [0.2, 0.25) is 0 Å². The summed E-state index contributed by atoms with van der Waals surface area (Å²) in [5, 5.41) is 9.67. The van der Waals surface area contributed by atoms with Gasteiger partial charge in [0.2, 0.25) is 0 Å². The lowest BCUT2D eigenvalue weighted by atomic mass is 10.1. The molecule has 0 aromatic rings. The normalized spacial score (nSPS) is 11.9. The third-order valence-electron chi connectivity index (χ3n) is 2.51. The molecule has 0 amide bonds. The quantitative estimate of drug-likeness (QED) is 0.607. The van der Waals surface area contributed by atoms with Crippen molar-refractivity contribution in [2.45, 2.75) is 32.3 Å². The summed E-state index contributed by atoms with van der Waals surface area (Å²) in [5.74, 6) is -0.212. The second kappa shape index (κ2) is 8.44. The average Bonchev–Trinajstić information content (AvgIpc) is 2.26. The van der Waals surface area contributed by atoms with E-state index in [-0.39, 0.29) is 5.97 Å². The van der Waals surface area contributed by atoms with Crippen molar-refractivity contribution in [2.75, 3.05) is 40.5 Å². The van der Waals surface area contributed by atoms with Gasteiger partial charge in [-0.2, -0.15) is 0 Å². The average molecular weight is 247 g/mol. The second-order valence-corrected chi connectivity index (χ2v) is 4.72. The van der Waals surface area contributed by atoms with Crippen LogP contribution in [0, 0.1) is 0 Å². The van der Waals surface area contributed by atoms with Gasteiger partial charge in [-0.25, -0.2) is 0 Å². The summed E-state index contributed by atoms with van der Waals surface area (Å²) >= 11 is 0. The fourth-order valence-corrected chi connectivity index (χ4v) is 1.34. The number of carbonyl (C=O) groups is 1. The molecule has 5 nitrogen and oxygen atoms in total. The van der Waals surface area contributed by atoms with Crippen molar-refractivity contribution in [3.8, 4) is 0 Å². The largest absolute Gasteiger partial charge is 0.469 e. The van der Waals surface area contributed by atoms with E-state index < -0.39 is 5.60 Å². The molecule has 0 rings (SSSR count). The molecule has 0 atom stereocenters. The Morgan fingerprint density at radius 2 is 1.88 bits per heavy atom. The van der Waals surface area contributed by atoms with Crippen LogP contribution in [-0.2, 0) is 14.3 Å². The molecule has 0 radical (unpaired) electrons. The van der Waals surface area contributed by atoms with E-state index in [0.29, 0.717) is 26.0 Å². The first kappa shape index (κ1) is 16.4. The number of aliphatic hydroxyl groups is 1. The minimum atomic E-state index is -0.684. The van der Waals surface area contributed by atoms with Gasteiger partial charge in [0.05, 0.1) is 25.7 Å². The topological polar surface area (TPSA) is 59.0 Å². The van der Waals surface area contributed by atoms with Crippen LogP contribution < -0.4 is 0 Å². The summed E-state index contributed by atoms with van der Waals surface area (Å²) in [6, 6.07) is 0. The molecule has 0 spiro atoms. The van der Waals surface area contributed by atoms with E-state index >= 15 is 0 Å². The molecule has 1 N–H and O–H groups in total. The number of esters is 1. The molecule has 0 aromatic carbocycles. The fourth-order valence-electron chi connectivity index (χ4n) is 1.34. The Kier molecular flexibility index (Phi) is 8.12. The van der Waals surface area contributed by atoms with Gasteiger partial charge >= 0.3 is 5.97 Å². The zero-order chi connectivity index (χ0) is 13.3. The molecule has 0 heterocycles. The van der Waals surface area contributed by atoms with Crippen LogP contribution in [0.5, 0.6) is 0 Å². The highest BCUT2D eigenvalue weighted by Crippen LogP contribution is 2.08. The Morgan fingerprint density at radius 3 is 2.35 bits per heavy atom. The number of ether oxygens (including phenoxy) is 2. The number of hydrogen-bond acceptors (Lipinski definition) is 5. The predicted molar refractivity (Wildman–Crippen MR) is 65.9 cm³/mol. The number of carbonyl (C=O) groups excluding carboxylic acids is 1. The molecule has 0 bridgehead atoms. The van der Waals surface area contributed by atoms with E-state index in [2.05, 4.69) is 9.64 Å². The van der Waals surface area contributed by atoms with Crippen LogP contribution in [0.15, 0.2) is 0 Å². The summed E-state index contributed by atoms with van der Waals surface area (Å²) in [7, 11) is 3.03. The Morgan fingerprint density at radius 1 is 1.24 bits per heavy atom. The molecule has 0 aliphatic carbocycles. The number of rotatable bonds is 9. The van der Waals surface area contributed by atoms with Gasteiger partial charge in [0.25, 0.3) is 0 Å². The van der Waals surface area contributed by atoms with Crippen molar-refractivity contribution < 1.29 is 19.4 Å². The third-order valence-corrected chi connectivity index (χ3v) is 2.51. The maximum Gasteiger partial charge on any atom is 0.306 e. The maximum absolute atomic E-state index is 11.1. The van der Waals surface area contributed by atoms with Gasteiger partial charge < -0.3 is 19.5 Å². The summed E-state index contributed by atoms with van der Waals surface area (Å²) in [6.07, 6.45) is 1.03. The second-order valence-electron chi connectivity index (χ2n) is 4.72. The molecule has 5 heteroatoms. The molecule has 17 heavy (non-hydrogen) atoms. The lowest BCUT2D eigenvalue weighted by molar-refractivity contribution is -0.141. The number of hydrogen-bond donors (Lipinski definition) is 1. The Balaban J connectivity index is 4.00. The van der Waals surface area contributed by atoms with Crippen molar-refractivity contribution in [1.82, 2.24) is 4.90 Å². The van der Waals surface area contributed by atoms with E-state index in [9.17, 15) is 9.90 Å².